The molecule has 0 aliphatic rings. The summed E-state index contributed by atoms with van der Waals surface area (Å²) in [6.07, 6.45) is 6.25. The molecule has 0 aliphatic carbocycles. The second-order valence-corrected chi connectivity index (χ2v) is 5.86. The predicted molar refractivity (Wildman–Crippen MR) is 95.7 cm³/mol. The van der Waals surface area contributed by atoms with E-state index in [1.54, 1.807) is 29.1 Å². The minimum Gasteiger partial charge on any atom is -0.486 e. The largest absolute Gasteiger partial charge is 0.486 e. The van der Waals surface area contributed by atoms with Gasteiger partial charge in [-0.3, -0.25) is 9.48 Å². The highest BCUT2D eigenvalue weighted by atomic mass is 35.5. The number of rotatable bonds is 7. The van der Waals surface area contributed by atoms with Crippen LogP contribution >= 0.6 is 11.6 Å². The Morgan fingerprint density at radius 1 is 1.38 bits per heavy atom. The lowest BCUT2D eigenvalue weighted by Crippen LogP contribution is -1.94. The smallest absolute Gasteiger partial charge is 0.189 e. The molecule has 0 saturated heterocycles. The number of aryl methyl sites for hydroxylation is 1. The first-order chi connectivity index (χ1) is 12.5. The average Bonchev–Trinajstić information content (AvgIpc) is 3.30. The van der Waals surface area contributed by atoms with Crippen LogP contribution in [0, 0.1) is 5.82 Å². The third kappa shape index (κ3) is 4.40. The Hall–Kier alpha value is -2.86. The van der Waals surface area contributed by atoms with E-state index in [1.807, 2.05) is 6.92 Å². The van der Waals surface area contributed by atoms with Crippen LogP contribution in [0.15, 0.2) is 53.2 Å². The van der Waals surface area contributed by atoms with Gasteiger partial charge < -0.3 is 9.15 Å². The second-order valence-electron chi connectivity index (χ2n) is 5.45. The molecule has 26 heavy (non-hydrogen) atoms. The lowest BCUT2D eigenvalue weighted by atomic mass is 10.2. The fourth-order valence-corrected chi connectivity index (χ4v) is 2.37. The van der Waals surface area contributed by atoms with E-state index in [0.29, 0.717) is 29.4 Å². The molecule has 1 aromatic carbocycles. The van der Waals surface area contributed by atoms with Gasteiger partial charge in [0.2, 0.25) is 0 Å². The van der Waals surface area contributed by atoms with Crippen molar-refractivity contribution in [2.75, 3.05) is 0 Å². The Kier molecular flexibility index (Phi) is 5.53. The molecule has 0 unspecified atom stereocenters. The number of nitrogens with zero attached hydrogens (tertiary/aromatic N) is 2. The van der Waals surface area contributed by atoms with Gasteiger partial charge in [-0.15, -0.1) is 0 Å². The van der Waals surface area contributed by atoms with E-state index in [0.717, 1.165) is 0 Å². The van der Waals surface area contributed by atoms with Crippen LogP contribution < -0.4 is 4.74 Å². The van der Waals surface area contributed by atoms with Crippen molar-refractivity contribution in [1.29, 1.82) is 0 Å². The quantitative estimate of drug-likeness (QED) is 0.442. The van der Waals surface area contributed by atoms with Crippen molar-refractivity contribution < 1.29 is 18.3 Å². The zero-order valence-corrected chi connectivity index (χ0v) is 14.7. The van der Waals surface area contributed by atoms with Crippen LogP contribution in [0.25, 0.3) is 6.08 Å². The topological polar surface area (TPSA) is 57.3 Å². The van der Waals surface area contributed by atoms with E-state index < -0.39 is 5.82 Å². The molecule has 0 atom stereocenters. The number of ketones is 1. The SMILES string of the molecule is CCn1cc(C(=O)/C=C/c2ccc(COc3ccc(F)c(Cl)c3)o2)cn1. The van der Waals surface area contributed by atoms with Gasteiger partial charge in [0.25, 0.3) is 0 Å². The highest BCUT2D eigenvalue weighted by Gasteiger charge is 2.07. The van der Waals surface area contributed by atoms with Crippen molar-refractivity contribution >= 4 is 23.5 Å². The van der Waals surface area contributed by atoms with Crippen LogP contribution in [0.5, 0.6) is 5.75 Å². The van der Waals surface area contributed by atoms with Crippen LogP contribution in [0.3, 0.4) is 0 Å². The van der Waals surface area contributed by atoms with Crippen LogP contribution in [-0.4, -0.2) is 15.6 Å². The van der Waals surface area contributed by atoms with Gasteiger partial charge >= 0.3 is 0 Å². The summed E-state index contributed by atoms with van der Waals surface area (Å²) in [4.78, 5) is 12.1. The summed E-state index contributed by atoms with van der Waals surface area (Å²) in [5.41, 5.74) is 0.520. The van der Waals surface area contributed by atoms with Gasteiger partial charge in [0.05, 0.1) is 16.8 Å². The summed E-state index contributed by atoms with van der Waals surface area (Å²) >= 11 is 5.71. The van der Waals surface area contributed by atoms with Crippen LogP contribution in [0.4, 0.5) is 4.39 Å². The third-order valence-corrected chi connectivity index (χ3v) is 3.88. The maximum atomic E-state index is 13.1. The number of hydrogen-bond acceptors (Lipinski definition) is 4. The summed E-state index contributed by atoms with van der Waals surface area (Å²) < 4.78 is 25.9. The van der Waals surface area contributed by atoms with Crippen LogP contribution in [-0.2, 0) is 13.2 Å². The van der Waals surface area contributed by atoms with Crippen LogP contribution in [0.1, 0.15) is 28.8 Å². The molecule has 2 aromatic heterocycles. The third-order valence-electron chi connectivity index (χ3n) is 3.60. The summed E-state index contributed by atoms with van der Waals surface area (Å²) in [5.74, 6) is 0.875. The van der Waals surface area contributed by atoms with Gasteiger partial charge in [0.15, 0.2) is 5.78 Å². The average molecular weight is 375 g/mol. The molecule has 0 saturated carbocycles. The Bertz CT molecular complexity index is 946. The van der Waals surface area contributed by atoms with Gasteiger partial charge in [0, 0.05) is 18.8 Å². The van der Waals surface area contributed by atoms with E-state index in [1.165, 1.54) is 30.5 Å². The predicted octanol–water partition coefficient (Wildman–Crippen LogP) is 4.76. The normalized spacial score (nSPS) is 11.2. The van der Waals surface area contributed by atoms with Crippen LogP contribution in [0.2, 0.25) is 5.02 Å². The van der Waals surface area contributed by atoms with Crippen molar-refractivity contribution in [2.45, 2.75) is 20.1 Å². The maximum Gasteiger partial charge on any atom is 0.189 e. The highest BCUT2D eigenvalue weighted by Crippen LogP contribution is 2.22. The second kappa shape index (κ2) is 8.01. The number of benzene rings is 1. The molecule has 0 amide bonds. The molecule has 3 aromatic rings. The number of hydrogen-bond donors (Lipinski definition) is 0. The number of ether oxygens (including phenoxy) is 1. The lowest BCUT2D eigenvalue weighted by molar-refractivity contribution is 0.104. The van der Waals surface area contributed by atoms with E-state index in [4.69, 9.17) is 20.8 Å². The monoisotopic (exact) mass is 374 g/mol. The van der Waals surface area contributed by atoms with E-state index in [2.05, 4.69) is 5.10 Å². The fraction of sp³-hybridized carbons (Fsp3) is 0.158. The molecule has 0 bridgehead atoms. The molecular formula is C19H16ClFN2O3. The molecule has 134 valence electrons. The molecule has 0 radical (unpaired) electrons. The van der Waals surface area contributed by atoms with E-state index in [-0.39, 0.29) is 17.4 Å². The Balaban J connectivity index is 1.58. The van der Waals surface area contributed by atoms with Gasteiger partial charge in [-0.25, -0.2) is 4.39 Å². The molecule has 0 aliphatic heterocycles. The maximum absolute atomic E-state index is 13.1. The molecule has 0 fully saturated rings. The van der Waals surface area contributed by atoms with Gasteiger partial charge in [-0.2, -0.15) is 5.10 Å². The number of allylic oxidation sites excluding steroid dienone is 1. The molecule has 0 spiro atoms. The number of carbonyl (C=O) groups excluding carboxylic acids is 1. The Labute approximate surface area is 154 Å². The van der Waals surface area contributed by atoms with Gasteiger partial charge in [0.1, 0.15) is 29.7 Å². The van der Waals surface area contributed by atoms with E-state index in [9.17, 15) is 9.18 Å². The van der Waals surface area contributed by atoms with Crippen molar-refractivity contribution in [3.8, 4) is 5.75 Å². The minimum absolute atomic E-state index is 0.00419. The zero-order chi connectivity index (χ0) is 18.5. The molecule has 0 N–H and O–H groups in total. The summed E-state index contributed by atoms with van der Waals surface area (Å²) in [7, 11) is 0. The standard InChI is InChI=1S/C19H16ClFN2O3/c1-2-23-11-13(10-22-23)19(24)8-6-14-3-4-16(26-14)12-25-15-5-7-18(21)17(20)9-15/h3-11H,2,12H2,1H3/b8-6+. The fourth-order valence-electron chi connectivity index (χ4n) is 2.20. The number of carbonyl (C=O) groups is 1. The summed E-state index contributed by atoms with van der Waals surface area (Å²) in [6, 6.07) is 7.59. The van der Waals surface area contributed by atoms with Crippen molar-refractivity contribution in [3.63, 3.8) is 0 Å². The van der Waals surface area contributed by atoms with E-state index >= 15 is 0 Å². The van der Waals surface area contributed by atoms with Gasteiger partial charge in [-0.1, -0.05) is 11.6 Å². The highest BCUT2D eigenvalue weighted by molar-refractivity contribution is 6.30. The van der Waals surface area contributed by atoms with Crippen molar-refractivity contribution in [1.82, 2.24) is 9.78 Å². The summed E-state index contributed by atoms with van der Waals surface area (Å²) in [5, 5.41) is 4.06. The first-order valence-electron chi connectivity index (χ1n) is 7.96. The Morgan fingerprint density at radius 3 is 2.96 bits per heavy atom. The van der Waals surface area contributed by atoms with Crippen molar-refractivity contribution in [3.05, 3.63) is 76.7 Å². The minimum atomic E-state index is -0.501. The molecule has 3 rings (SSSR count). The first kappa shape index (κ1) is 17.9. The first-order valence-corrected chi connectivity index (χ1v) is 8.34. The van der Waals surface area contributed by atoms with Gasteiger partial charge in [-0.05, 0) is 43.3 Å². The molecular weight excluding hydrogens is 359 g/mol. The lowest BCUT2D eigenvalue weighted by Gasteiger charge is -2.04. The number of halogens is 2. The molecule has 7 heteroatoms. The summed E-state index contributed by atoms with van der Waals surface area (Å²) in [6.45, 7) is 2.81. The molecule has 5 nitrogen and oxygen atoms in total. The number of furan rings is 1. The van der Waals surface area contributed by atoms with Crippen molar-refractivity contribution in [2.24, 2.45) is 0 Å². The zero-order valence-electron chi connectivity index (χ0n) is 14.0. The Morgan fingerprint density at radius 2 is 2.23 bits per heavy atom. The number of aromatic nitrogens is 2. The molecule has 2 heterocycles.